The first-order chi connectivity index (χ1) is 8.79. The molecule has 1 N–H and O–H groups in total. The SMILES string of the molecule is CCCNCC1CCCN(c2cc(C)ccn2)C1. The summed E-state index contributed by atoms with van der Waals surface area (Å²) in [7, 11) is 0. The molecule has 1 unspecified atom stereocenters. The predicted molar refractivity (Wildman–Crippen MR) is 77.1 cm³/mol. The van der Waals surface area contributed by atoms with Crippen molar-refractivity contribution in [2.45, 2.75) is 33.1 Å². The number of nitrogens with one attached hydrogen (secondary N) is 1. The highest BCUT2D eigenvalue weighted by Crippen LogP contribution is 2.21. The Morgan fingerprint density at radius 3 is 3.17 bits per heavy atom. The average molecular weight is 247 g/mol. The second-order valence-electron chi connectivity index (χ2n) is 5.35. The minimum Gasteiger partial charge on any atom is -0.356 e. The van der Waals surface area contributed by atoms with E-state index in [9.17, 15) is 0 Å². The normalized spacial score (nSPS) is 20.1. The van der Waals surface area contributed by atoms with Crippen molar-refractivity contribution < 1.29 is 0 Å². The molecule has 1 aliphatic heterocycles. The van der Waals surface area contributed by atoms with Gasteiger partial charge in [0.1, 0.15) is 5.82 Å². The summed E-state index contributed by atoms with van der Waals surface area (Å²) in [6.07, 6.45) is 5.77. The van der Waals surface area contributed by atoms with E-state index in [1.165, 1.54) is 24.8 Å². The summed E-state index contributed by atoms with van der Waals surface area (Å²) in [5, 5.41) is 3.54. The summed E-state index contributed by atoms with van der Waals surface area (Å²) in [5.41, 5.74) is 1.30. The maximum Gasteiger partial charge on any atom is 0.128 e. The number of hydrogen-bond acceptors (Lipinski definition) is 3. The molecule has 0 spiro atoms. The van der Waals surface area contributed by atoms with Crippen molar-refractivity contribution in [2.24, 2.45) is 5.92 Å². The van der Waals surface area contributed by atoms with E-state index in [-0.39, 0.29) is 0 Å². The van der Waals surface area contributed by atoms with Gasteiger partial charge in [-0.15, -0.1) is 0 Å². The fourth-order valence-electron chi connectivity index (χ4n) is 2.62. The molecule has 0 saturated carbocycles. The van der Waals surface area contributed by atoms with Gasteiger partial charge in [-0.3, -0.25) is 0 Å². The van der Waals surface area contributed by atoms with E-state index in [0.717, 1.165) is 37.9 Å². The number of piperidine rings is 1. The monoisotopic (exact) mass is 247 g/mol. The maximum absolute atomic E-state index is 4.50. The molecule has 1 aromatic rings. The lowest BCUT2D eigenvalue weighted by atomic mass is 9.98. The van der Waals surface area contributed by atoms with Gasteiger partial charge in [0.25, 0.3) is 0 Å². The second kappa shape index (κ2) is 6.74. The van der Waals surface area contributed by atoms with Crippen LogP contribution in [-0.2, 0) is 0 Å². The molecule has 0 bridgehead atoms. The Hall–Kier alpha value is -1.09. The van der Waals surface area contributed by atoms with E-state index in [1.807, 2.05) is 6.20 Å². The van der Waals surface area contributed by atoms with Crippen molar-refractivity contribution in [1.82, 2.24) is 10.3 Å². The minimum absolute atomic E-state index is 0.771. The van der Waals surface area contributed by atoms with Crippen LogP contribution in [0, 0.1) is 12.8 Å². The highest BCUT2D eigenvalue weighted by Gasteiger charge is 2.20. The van der Waals surface area contributed by atoms with Crippen LogP contribution in [0.2, 0.25) is 0 Å². The Morgan fingerprint density at radius 1 is 1.50 bits per heavy atom. The zero-order valence-electron chi connectivity index (χ0n) is 11.7. The Morgan fingerprint density at radius 2 is 2.39 bits per heavy atom. The molecule has 2 heterocycles. The molecule has 0 aromatic carbocycles. The van der Waals surface area contributed by atoms with E-state index >= 15 is 0 Å². The predicted octanol–water partition coefficient (Wildman–Crippen LogP) is 2.61. The molecule has 0 aliphatic carbocycles. The van der Waals surface area contributed by atoms with Crippen molar-refractivity contribution >= 4 is 5.82 Å². The molecule has 3 heteroatoms. The number of anilines is 1. The van der Waals surface area contributed by atoms with Crippen LogP contribution in [0.1, 0.15) is 31.7 Å². The van der Waals surface area contributed by atoms with Crippen LogP contribution in [0.5, 0.6) is 0 Å². The lowest BCUT2D eigenvalue weighted by Crippen LogP contribution is -2.40. The number of aromatic nitrogens is 1. The Balaban J connectivity index is 1.90. The van der Waals surface area contributed by atoms with Crippen LogP contribution < -0.4 is 10.2 Å². The summed E-state index contributed by atoms with van der Waals surface area (Å²) >= 11 is 0. The van der Waals surface area contributed by atoms with Gasteiger partial charge >= 0.3 is 0 Å². The molecule has 3 nitrogen and oxygen atoms in total. The molecule has 1 atom stereocenters. The van der Waals surface area contributed by atoms with Crippen molar-refractivity contribution in [1.29, 1.82) is 0 Å². The average Bonchev–Trinajstić information content (AvgIpc) is 2.39. The first kappa shape index (κ1) is 13.3. The van der Waals surface area contributed by atoms with Crippen molar-refractivity contribution in [3.63, 3.8) is 0 Å². The lowest BCUT2D eigenvalue weighted by Gasteiger charge is -2.33. The van der Waals surface area contributed by atoms with Gasteiger partial charge in [0, 0.05) is 19.3 Å². The Kier molecular flexibility index (Phi) is 5.00. The third-order valence-corrected chi connectivity index (χ3v) is 3.60. The molecule has 2 rings (SSSR count). The molecule has 0 radical (unpaired) electrons. The zero-order valence-corrected chi connectivity index (χ0v) is 11.7. The van der Waals surface area contributed by atoms with E-state index in [4.69, 9.17) is 0 Å². The number of aryl methyl sites for hydroxylation is 1. The summed E-state index contributed by atoms with van der Waals surface area (Å²) < 4.78 is 0. The van der Waals surface area contributed by atoms with Crippen LogP contribution >= 0.6 is 0 Å². The van der Waals surface area contributed by atoms with Crippen LogP contribution in [0.15, 0.2) is 18.3 Å². The third kappa shape index (κ3) is 3.70. The third-order valence-electron chi connectivity index (χ3n) is 3.60. The van der Waals surface area contributed by atoms with Crippen LogP contribution in [0.4, 0.5) is 5.82 Å². The number of nitrogens with zero attached hydrogens (tertiary/aromatic N) is 2. The Bertz CT molecular complexity index is 365. The van der Waals surface area contributed by atoms with E-state index in [0.29, 0.717) is 0 Å². The smallest absolute Gasteiger partial charge is 0.128 e. The molecular formula is C15H25N3. The topological polar surface area (TPSA) is 28.2 Å². The molecule has 100 valence electrons. The van der Waals surface area contributed by atoms with Gasteiger partial charge < -0.3 is 10.2 Å². The number of hydrogen-bond donors (Lipinski definition) is 1. The van der Waals surface area contributed by atoms with Crippen LogP contribution in [-0.4, -0.2) is 31.2 Å². The quantitative estimate of drug-likeness (QED) is 0.811. The molecule has 1 aromatic heterocycles. The lowest BCUT2D eigenvalue weighted by molar-refractivity contribution is 0.391. The fourth-order valence-corrected chi connectivity index (χ4v) is 2.62. The van der Waals surface area contributed by atoms with Gasteiger partial charge in [-0.25, -0.2) is 4.98 Å². The van der Waals surface area contributed by atoms with Crippen LogP contribution in [0.3, 0.4) is 0 Å². The van der Waals surface area contributed by atoms with Crippen LogP contribution in [0.25, 0.3) is 0 Å². The van der Waals surface area contributed by atoms with Gasteiger partial charge in [-0.2, -0.15) is 0 Å². The molecular weight excluding hydrogens is 222 g/mol. The van der Waals surface area contributed by atoms with E-state index < -0.39 is 0 Å². The molecule has 0 amide bonds. The standard InChI is InChI=1S/C15H25N3/c1-3-7-16-11-14-5-4-9-18(12-14)15-10-13(2)6-8-17-15/h6,8,10,14,16H,3-5,7,9,11-12H2,1-2H3. The summed E-state index contributed by atoms with van der Waals surface area (Å²) in [5.74, 6) is 1.92. The zero-order chi connectivity index (χ0) is 12.8. The summed E-state index contributed by atoms with van der Waals surface area (Å²) in [6.45, 7) is 8.94. The second-order valence-corrected chi connectivity index (χ2v) is 5.35. The molecule has 1 saturated heterocycles. The van der Waals surface area contributed by atoms with Gasteiger partial charge in [0.2, 0.25) is 0 Å². The van der Waals surface area contributed by atoms with E-state index in [1.54, 1.807) is 0 Å². The van der Waals surface area contributed by atoms with E-state index in [2.05, 4.69) is 41.2 Å². The summed E-state index contributed by atoms with van der Waals surface area (Å²) in [6, 6.07) is 4.26. The molecule has 1 aliphatic rings. The van der Waals surface area contributed by atoms with Crippen molar-refractivity contribution in [3.8, 4) is 0 Å². The summed E-state index contributed by atoms with van der Waals surface area (Å²) in [4.78, 5) is 6.94. The molecule has 1 fully saturated rings. The first-order valence-electron chi connectivity index (χ1n) is 7.18. The fraction of sp³-hybridized carbons (Fsp3) is 0.667. The van der Waals surface area contributed by atoms with Gasteiger partial charge in [0.05, 0.1) is 0 Å². The Labute approximate surface area is 111 Å². The highest BCUT2D eigenvalue weighted by atomic mass is 15.2. The number of pyridine rings is 1. The molecule has 18 heavy (non-hydrogen) atoms. The number of rotatable bonds is 5. The first-order valence-corrected chi connectivity index (χ1v) is 7.18. The van der Waals surface area contributed by atoms with Gasteiger partial charge in [0.15, 0.2) is 0 Å². The van der Waals surface area contributed by atoms with Crippen molar-refractivity contribution in [3.05, 3.63) is 23.9 Å². The van der Waals surface area contributed by atoms with Gasteiger partial charge in [-0.1, -0.05) is 6.92 Å². The highest BCUT2D eigenvalue weighted by molar-refractivity contribution is 5.41. The minimum atomic E-state index is 0.771. The van der Waals surface area contributed by atoms with Crippen molar-refractivity contribution in [2.75, 3.05) is 31.1 Å². The maximum atomic E-state index is 4.50. The largest absolute Gasteiger partial charge is 0.356 e. The van der Waals surface area contributed by atoms with Gasteiger partial charge in [-0.05, 0) is 62.9 Å².